The highest BCUT2D eigenvalue weighted by atomic mass is 79.9. The molecule has 1 saturated carbocycles. The van der Waals surface area contributed by atoms with Crippen LogP contribution in [0.2, 0.25) is 0 Å². The van der Waals surface area contributed by atoms with E-state index in [9.17, 15) is 18.0 Å². The van der Waals surface area contributed by atoms with E-state index in [1.54, 1.807) is 18.2 Å². The molecule has 0 bridgehead atoms. The van der Waals surface area contributed by atoms with Gasteiger partial charge in [0.25, 0.3) is 5.91 Å². The van der Waals surface area contributed by atoms with Crippen molar-refractivity contribution in [2.75, 3.05) is 25.0 Å². The van der Waals surface area contributed by atoms with Crippen LogP contribution in [0, 0.1) is 19.8 Å². The molecule has 230 valence electrons. The van der Waals surface area contributed by atoms with Gasteiger partial charge in [-0.2, -0.15) is 4.31 Å². The quantitative estimate of drug-likeness (QED) is 0.203. The SMILES string of the molecule is C=C(CN(CC(C)C)S(=O)(=O)C1C=CC(C(=O)CBr)=CC1)C1(NC(=O)COc2c(C)cccc2C)C[C@H]1c1ccccc1. The van der Waals surface area contributed by atoms with Crippen molar-refractivity contribution >= 4 is 37.6 Å². The highest BCUT2D eigenvalue weighted by molar-refractivity contribution is 9.09. The smallest absolute Gasteiger partial charge is 0.258 e. The molecule has 2 aromatic carbocycles. The molecule has 3 atom stereocenters. The minimum absolute atomic E-state index is 0.0377. The van der Waals surface area contributed by atoms with Crippen LogP contribution in [0.5, 0.6) is 5.75 Å². The number of para-hydroxylation sites is 1. The summed E-state index contributed by atoms with van der Waals surface area (Å²) in [5.41, 5.74) is 3.30. The molecule has 2 unspecified atom stereocenters. The number of benzene rings is 2. The van der Waals surface area contributed by atoms with Crippen molar-refractivity contribution in [1.29, 1.82) is 0 Å². The molecule has 1 amide bonds. The molecule has 2 aliphatic rings. The molecule has 7 nitrogen and oxygen atoms in total. The molecular formula is C34H41BrN2O5S. The van der Waals surface area contributed by atoms with Crippen molar-refractivity contribution in [3.63, 3.8) is 0 Å². The second kappa shape index (κ2) is 13.7. The number of ketones is 1. The molecule has 0 aromatic heterocycles. The number of alkyl halides is 1. The average molecular weight is 670 g/mol. The van der Waals surface area contributed by atoms with Crippen molar-refractivity contribution in [2.45, 2.75) is 57.2 Å². The number of sulfonamides is 1. The van der Waals surface area contributed by atoms with Crippen molar-refractivity contribution in [3.8, 4) is 5.75 Å². The lowest BCUT2D eigenvalue weighted by Crippen LogP contribution is -2.47. The highest BCUT2D eigenvalue weighted by Crippen LogP contribution is 2.55. The number of hydrogen-bond donors (Lipinski definition) is 1. The van der Waals surface area contributed by atoms with Crippen molar-refractivity contribution in [2.24, 2.45) is 5.92 Å². The van der Waals surface area contributed by atoms with Gasteiger partial charge in [-0.25, -0.2) is 8.42 Å². The number of nitrogens with one attached hydrogen (secondary N) is 1. The molecule has 43 heavy (non-hydrogen) atoms. The van der Waals surface area contributed by atoms with E-state index in [0.29, 0.717) is 29.9 Å². The Morgan fingerprint density at radius 3 is 2.37 bits per heavy atom. The number of hydrogen-bond acceptors (Lipinski definition) is 5. The molecule has 0 spiro atoms. The second-order valence-corrected chi connectivity index (χ2v) is 14.6. The Balaban J connectivity index is 1.55. The molecular weight excluding hydrogens is 628 g/mol. The number of nitrogens with zero attached hydrogens (tertiary/aromatic N) is 1. The molecule has 0 saturated heterocycles. The van der Waals surface area contributed by atoms with Gasteiger partial charge in [0.1, 0.15) is 5.75 Å². The molecule has 1 N–H and O–H groups in total. The predicted molar refractivity (Wildman–Crippen MR) is 175 cm³/mol. The van der Waals surface area contributed by atoms with Crippen LogP contribution in [-0.4, -0.2) is 60.2 Å². The van der Waals surface area contributed by atoms with E-state index in [1.165, 1.54) is 4.31 Å². The van der Waals surface area contributed by atoms with Crippen LogP contribution in [0.3, 0.4) is 0 Å². The fourth-order valence-corrected chi connectivity index (χ4v) is 7.90. The fourth-order valence-electron chi connectivity index (χ4n) is 5.73. The third-order valence-corrected chi connectivity index (χ3v) is 10.7. The van der Waals surface area contributed by atoms with E-state index in [0.717, 1.165) is 16.7 Å². The van der Waals surface area contributed by atoms with E-state index in [1.807, 2.05) is 76.2 Å². The molecule has 1 fully saturated rings. The zero-order chi connectivity index (χ0) is 31.4. The fraction of sp³-hybridized carbons (Fsp3) is 0.412. The Bertz CT molecular complexity index is 1510. The Morgan fingerprint density at radius 1 is 1.12 bits per heavy atom. The van der Waals surface area contributed by atoms with Crippen molar-refractivity contribution < 1.29 is 22.7 Å². The monoisotopic (exact) mass is 668 g/mol. The maximum Gasteiger partial charge on any atom is 0.258 e. The number of allylic oxidation sites excluding steroid dienone is 3. The van der Waals surface area contributed by atoms with E-state index in [4.69, 9.17) is 4.74 Å². The molecule has 2 aliphatic carbocycles. The van der Waals surface area contributed by atoms with E-state index >= 15 is 0 Å². The average Bonchev–Trinajstić information content (AvgIpc) is 3.71. The number of carbonyl (C=O) groups excluding carboxylic acids is 2. The van der Waals surface area contributed by atoms with Crippen LogP contribution < -0.4 is 10.1 Å². The first-order valence-electron chi connectivity index (χ1n) is 14.6. The molecule has 4 rings (SSSR count). The molecule has 0 aliphatic heterocycles. The standard InChI is InChI=1S/C34H41BrN2O5S/c1-23(2)20-37(43(40,41)29-16-14-28(15-17-29)31(38)19-35)21-26(5)34(18-30(34)27-12-7-6-8-13-27)36-32(39)22-42-33-24(3)10-9-11-25(33)4/h6-16,23,29-30H,5,17-22H2,1-4H3,(H,36,39)/t29?,30-,34?/m0/s1. The van der Waals surface area contributed by atoms with Gasteiger partial charge in [-0.15, -0.1) is 0 Å². The number of halogens is 1. The Kier molecular flexibility index (Phi) is 10.5. The Morgan fingerprint density at radius 2 is 1.79 bits per heavy atom. The summed E-state index contributed by atoms with van der Waals surface area (Å²) in [6.07, 6.45) is 5.73. The van der Waals surface area contributed by atoms with Gasteiger partial charge in [0.15, 0.2) is 12.4 Å². The van der Waals surface area contributed by atoms with E-state index in [-0.39, 0.29) is 48.4 Å². The third-order valence-electron chi connectivity index (χ3n) is 8.09. The van der Waals surface area contributed by atoms with Crippen LogP contribution in [0.25, 0.3) is 0 Å². The minimum atomic E-state index is -3.79. The van der Waals surface area contributed by atoms with Gasteiger partial charge in [-0.05, 0) is 54.9 Å². The van der Waals surface area contributed by atoms with Gasteiger partial charge in [0.2, 0.25) is 10.0 Å². The van der Waals surface area contributed by atoms with Gasteiger partial charge in [0.05, 0.1) is 16.1 Å². The summed E-state index contributed by atoms with van der Waals surface area (Å²) in [7, 11) is -3.79. The summed E-state index contributed by atoms with van der Waals surface area (Å²) in [6.45, 7) is 12.4. The van der Waals surface area contributed by atoms with E-state index < -0.39 is 20.8 Å². The lowest BCUT2D eigenvalue weighted by Gasteiger charge is -2.32. The van der Waals surface area contributed by atoms with Crippen molar-refractivity contribution in [1.82, 2.24) is 9.62 Å². The second-order valence-electron chi connectivity index (χ2n) is 11.9. The van der Waals surface area contributed by atoms with Crippen LogP contribution in [0.1, 0.15) is 49.3 Å². The van der Waals surface area contributed by atoms with Gasteiger partial charge in [-0.1, -0.05) is 103 Å². The van der Waals surface area contributed by atoms with Gasteiger partial charge in [0, 0.05) is 24.6 Å². The molecule has 9 heteroatoms. The summed E-state index contributed by atoms with van der Waals surface area (Å²) in [5.74, 6) is 0.343. The maximum absolute atomic E-state index is 13.9. The third kappa shape index (κ3) is 7.56. The van der Waals surface area contributed by atoms with Gasteiger partial charge >= 0.3 is 0 Å². The zero-order valence-electron chi connectivity index (χ0n) is 25.3. The van der Waals surface area contributed by atoms with Crippen LogP contribution in [0.15, 0.2) is 84.5 Å². The van der Waals surface area contributed by atoms with Crippen LogP contribution >= 0.6 is 15.9 Å². The van der Waals surface area contributed by atoms with E-state index in [2.05, 4.69) is 27.8 Å². The normalized spacial score (nSPS) is 21.4. The number of aryl methyl sites for hydroxylation is 2. The predicted octanol–water partition coefficient (Wildman–Crippen LogP) is 5.79. The maximum atomic E-state index is 13.9. The number of rotatable bonds is 14. The molecule has 0 heterocycles. The van der Waals surface area contributed by atoms with Gasteiger partial charge < -0.3 is 10.1 Å². The zero-order valence-corrected chi connectivity index (χ0v) is 27.7. The first-order valence-corrected chi connectivity index (χ1v) is 17.2. The number of Topliss-reactive ketones (excluding diaryl/α,β-unsaturated/α-hetero) is 1. The van der Waals surface area contributed by atoms with Gasteiger partial charge in [-0.3, -0.25) is 9.59 Å². The largest absolute Gasteiger partial charge is 0.483 e. The molecule has 0 radical (unpaired) electrons. The first-order chi connectivity index (χ1) is 20.4. The summed E-state index contributed by atoms with van der Waals surface area (Å²) >= 11 is 3.17. The summed E-state index contributed by atoms with van der Waals surface area (Å²) in [6, 6.07) is 15.7. The lowest BCUT2D eigenvalue weighted by molar-refractivity contribution is -0.123. The summed E-state index contributed by atoms with van der Waals surface area (Å²) in [4.78, 5) is 25.4. The lowest BCUT2D eigenvalue weighted by atomic mass is 9.99. The van der Waals surface area contributed by atoms with Crippen LogP contribution in [-0.2, 0) is 19.6 Å². The Labute approximate surface area is 264 Å². The minimum Gasteiger partial charge on any atom is -0.483 e. The first kappa shape index (κ1) is 32.9. The summed E-state index contributed by atoms with van der Waals surface area (Å²) in [5, 5.41) is 2.59. The van der Waals surface area contributed by atoms with Crippen LogP contribution in [0.4, 0.5) is 0 Å². The Hall–Kier alpha value is -3.01. The highest BCUT2D eigenvalue weighted by Gasteiger charge is 2.58. The number of amides is 1. The van der Waals surface area contributed by atoms with Crippen molar-refractivity contribution in [3.05, 3.63) is 101 Å². The number of carbonyl (C=O) groups is 2. The molecule has 2 aromatic rings. The summed E-state index contributed by atoms with van der Waals surface area (Å²) < 4.78 is 35.3. The topological polar surface area (TPSA) is 92.8 Å². The number of ether oxygens (including phenoxy) is 1.